The van der Waals surface area contributed by atoms with E-state index < -0.39 is 5.97 Å². The molecule has 0 saturated heterocycles. The third-order valence-corrected chi connectivity index (χ3v) is 4.87. The van der Waals surface area contributed by atoms with Gasteiger partial charge in [-0.05, 0) is 41.3 Å². The van der Waals surface area contributed by atoms with Gasteiger partial charge in [0.2, 0.25) is 0 Å². The third-order valence-electron chi connectivity index (χ3n) is 3.72. The summed E-state index contributed by atoms with van der Waals surface area (Å²) in [4.78, 5) is 24.8. The quantitative estimate of drug-likeness (QED) is 0.589. The van der Waals surface area contributed by atoms with Gasteiger partial charge >= 0.3 is 5.97 Å². The van der Waals surface area contributed by atoms with Crippen molar-refractivity contribution in [2.75, 3.05) is 12.4 Å². The van der Waals surface area contributed by atoms with Crippen LogP contribution in [0, 0.1) is 0 Å². The fourth-order valence-corrected chi connectivity index (χ4v) is 3.26. The van der Waals surface area contributed by atoms with Crippen molar-refractivity contribution in [3.05, 3.63) is 81.0 Å². The third kappa shape index (κ3) is 4.67. The Hall–Kier alpha value is -2.83. The minimum absolute atomic E-state index is 0.299. The Morgan fingerprint density at radius 1 is 1.07 bits per heavy atom. The molecule has 0 radical (unpaired) electrons. The number of methoxy groups -OCH3 is 1. The van der Waals surface area contributed by atoms with Gasteiger partial charge in [0, 0.05) is 5.02 Å². The molecule has 3 aromatic rings. The normalized spacial score (nSPS) is 10.3. The lowest BCUT2D eigenvalue weighted by Crippen LogP contribution is -2.15. The summed E-state index contributed by atoms with van der Waals surface area (Å²) in [6, 6.07) is 15.9. The van der Waals surface area contributed by atoms with Crippen LogP contribution in [-0.2, 0) is 11.3 Å². The second-order valence-corrected chi connectivity index (χ2v) is 6.87. The van der Waals surface area contributed by atoms with E-state index in [1.807, 2.05) is 12.1 Å². The molecule has 27 heavy (non-hydrogen) atoms. The summed E-state index contributed by atoms with van der Waals surface area (Å²) in [6.45, 7) is 0.299. The van der Waals surface area contributed by atoms with E-state index in [1.54, 1.807) is 47.8 Å². The van der Waals surface area contributed by atoms with Crippen molar-refractivity contribution >= 4 is 40.5 Å². The van der Waals surface area contributed by atoms with Crippen LogP contribution in [0.5, 0.6) is 5.75 Å². The predicted molar refractivity (Wildman–Crippen MR) is 106 cm³/mol. The van der Waals surface area contributed by atoms with Gasteiger partial charge in [-0.3, -0.25) is 4.79 Å². The second-order valence-electron chi connectivity index (χ2n) is 5.52. The van der Waals surface area contributed by atoms with Crippen molar-refractivity contribution in [3.8, 4) is 5.75 Å². The standard InChI is InChI=1S/C20H16ClNO4S/c1-25-20(24)18-16(10-11-27-18)22-19(23)15-4-2-3-5-17(15)26-12-13-6-8-14(21)9-7-13/h2-11H,12H2,1H3,(H,22,23). The molecule has 5 nitrogen and oxygen atoms in total. The summed E-state index contributed by atoms with van der Waals surface area (Å²) in [5.41, 5.74) is 1.71. The first-order valence-corrected chi connectivity index (χ1v) is 9.27. The van der Waals surface area contributed by atoms with E-state index >= 15 is 0 Å². The Morgan fingerprint density at radius 3 is 2.56 bits per heavy atom. The molecule has 0 aliphatic rings. The maximum Gasteiger partial charge on any atom is 0.350 e. The zero-order valence-corrected chi connectivity index (χ0v) is 16.0. The van der Waals surface area contributed by atoms with Crippen molar-refractivity contribution in [1.82, 2.24) is 0 Å². The van der Waals surface area contributed by atoms with Crippen molar-refractivity contribution in [2.45, 2.75) is 6.61 Å². The van der Waals surface area contributed by atoms with Gasteiger partial charge in [0.1, 0.15) is 17.2 Å². The highest BCUT2D eigenvalue weighted by molar-refractivity contribution is 7.12. The molecule has 1 amide bonds. The second kappa shape index (κ2) is 8.70. The monoisotopic (exact) mass is 401 g/mol. The first kappa shape index (κ1) is 18.9. The lowest BCUT2D eigenvalue weighted by atomic mass is 10.1. The van der Waals surface area contributed by atoms with Gasteiger partial charge in [-0.1, -0.05) is 35.9 Å². The van der Waals surface area contributed by atoms with Crippen molar-refractivity contribution in [3.63, 3.8) is 0 Å². The highest BCUT2D eigenvalue weighted by Gasteiger charge is 2.18. The molecule has 0 fully saturated rings. The van der Waals surface area contributed by atoms with E-state index in [9.17, 15) is 9.59 Å². The van der Waals surface area contributed by atoms with Crippen LogP contribution in [0.2, 0.25) is 5.02 Å². The van der Waals surface area contributed by atoms with Crippen molar-refractivity contribution in [2.24, 2.45) is 0 Å². The van der Waals surface area contributed by atoms with Gasteiger partial charge in [-0.25, -0.2) is 4.79 Å². The number of anilines is 1. The topological polar surface area (TPSA) is 64.6 Å². The summed E-state index contributed by atoms with van der Waals surface area (Å²) < 4.78 is 10.5. The number of para-hydroxylation sites is 1. The number of nitrogens with one attached hydrogen (secondary N) is 1. The molecule has 1 heterocycles. The molecule has 2 aromatic carbocycles. The summed E-state index contributed by atoms with van der Waals surface area (Å²) >= 11 is 7.08. The van der Waals surface area contributed by atoms with E-state index in [-0.39, 0.29) is 5.91 Å². The zero-order valence-electron chi connectivity index (χ0n) is 14.4. The van der Waals surface area contributed by atoms with E-state index in [2.05, 4.69) is 5.32 Å². The van der Waals surface area contributed by atoms with Gasteiger partial charge in [-0.2, -0.15) is 0 Å². The van der Waals surface area contributed by atoms with Crippen molar-refractivity contribution in [1.29, 1.82) is 0 Å². The van der Waals surface area contributed by atoms with Crippen LogP contribution in [0.15, 0.2) is 60.0 Å². The Morgan fingerprint density at radius 2 is 1.81 bits per heavy atom. The minimum atomic E-state index is -0.493. The van der Waals surface area contributed by atoms with Crippen LogP contribution < -0.4 is 10.1 Å². The lowest BCUT2D eigenvalue weighted by Gasteiger charge is -2.12. The number of halogens is 1. The number of rotatable bonds is 6. The maximum absolute atomic E-state index is 12.7. The number of carbonyl (C=O) groups excluding carboxylic acids is 2. The zero-order chi connectivity index (χ0) is 19.2. The number of carbonyl (C=O) groups is 2. The molecule has 0 saturated carbocycles. The Kier molecular flexibility index (Phi) is 6.11. The lowest BCUT2D eigenvalue weighted by molar-refractivity contribution is 0.0607. The number of ether oxygens (including phenoxy) is 2. The maximum atomic E-state index is 12.7. The molecule has 0 aliphatic heterocycles. The smallest absolute Gasteiger partial charge is 0.350 e. The highest BCUT2D eigenvalue weighted by atomic mass is 35.5. The Labute approximate surface area is 165 Å². The average molecular weight is 402 g/mol. The number of esters is 1. The number of hydrogen-bond donors (Lipinski definition) is 1. The number of amides is 1. The minimum Gasteiger partial charge on any atom is -0.488 e. The Bertz CT molecular complexity index is 953. The van der Waals surface area contributed by atoms with E-state index in [0.717, 1.165) is 5.56 Å². The molecule has 0 spiro atoms. The molecule has 0 atom stereocenters. The van der Waals surface area contributed by atoms with E-state index in [1.165, 1.54) is 18.4 Å². The summed E-state index contributed by atoms with van der Waals surface area (Å²) in [5.74, 6) is -0.419. The summed E-state index contributed by atoms with van der Waals surface area (Å²) in [5, 5.41) is 5.10. The van der Waals surface area contributed by atoms with Gasteiger partial charge < -0.3 is 14.8 Å². The largest absolute Gasteiger partial charge is 0.488 e. The molecule has 0 bridgehead atoms. The molecular formula is C20H16ClNO4S. The molecule has 7 heteroatoms. The van der Waals surface area contributed by atoms with Crippen molar-refractivity contribution < 1.29 is 19.1 Å². The first-order valence-electron chi connectivity index (χ1n) is 8.02. The van der Waals surface area contributed by atoms with E-state index in [0.29, 0.717) is 33.5 Å². The Balaban J connectivity index is 1.75. The summed E-state index contributed by atoms with van der Waals surface area (Å²) in [6.07, 6.45) is 0. The van der Waals surface area contributed by atoms with Crippen LogP contribution in [0.25, 0.3) is 0 Å². The molecule has 0 unspecified atom stereocenters. The molecule has 3 rings (SSSR count). The first-order chi connectivity index (χ1) is 13.1. The fraction of sp³-hybridized carbons (Fsp3) is 0.100. The van der Waals surface area contributed by atoms with E-state index in [4.69, 9.17) is 21.1 Å². The van der Waals surface area contributed by atoms with Gasteiger partial charge in [0.15, 0.2) is 0 Å². The SMILES string of the molecule is COC(=O)c1sccc1NC(=O)c1ccccc1OCc1ccc(Cl)cc1. The van der Waals surface area contributed by atoms with Gasteiger partial charge in [0.05, 0.1) is 18.4 Å². The van der Waals surface area contributed by atoms with Crippen LogP contribution in [0.3, 0.4) is 0 Å². The summed E-state index contributed by atoms with van der Waals surface area (Å²) in [7, 11) is 1.30. The highest BCUT2D eigenvalue weighted by Crippen LogP contribution is 2.26. The molecule has 138 valence electrons. The van der Waals surface area contributed by atoms with Gasteiger partial charge in [-0.15, -0.1) is 11.3 Å². The van der Waals surface area contributed by atoms with Crippen LogP contribution in [-0.4, -0.2) is 19.0 Å². The van der Waals surface area contributed by atoms with Gasteiger partial charge in [0.25, 0.3) is 5.91 Å². The molecule has 1 N–H and O–H groups in total. The average Bonchev–Trinajstić information content (AvgIpc) is 3.15. The molecular weight excluding hydrogens is 386 g/mol. The predicted octanol–water partition coefficient (Wildman–Crippen LogP) is 5.02. The number of thiophene rings is 1. The van der Waals surface area contributed by atoms with Crippen LogP contribution >= 0.6 is 22.9 Å². The number of hydrogen-bond acceptors (Lipinski definition) is 5. The fourth-order valence-electron chi connectivity index (χ4n) is 2.37. The number of benzene rings is 2. The van der Waals surface area contributed by atoms with Crippen LogP contribution in [0.4, 0.5) is 5.69 Å². The van der Waals surface area contributed by atoms with Crippen LogP contribution in [0.1, 0.15) is 25.6 Å². The molecule has 0 aliphatic carbocycles. The molecule has 1 aromatic heterocycles.